The summed E-state index contributed by atoms with van der Waals surface area (Å²) in [6.07, 6.45) is 1.67. The van der Waals surface area contributed by atoms with Crippen molar-refractivity contribution in [2.45, 2.75) is 30.5 Å². The van der Waals surface area contributed by atoms with E-state index >= 15 is 0 Å². The standard InChI is InChI=1S/C27H32N6O4S/c1-32-12-17-7-8-21(35-2)22(10-17)37-19-6-4-5-18(9-19)16-36-23-14-33(13-20(23)29-26(34)15-32)25-11-24(28)30-27(31-25)38-3/h4-11,20,23H,12-16H2,1-3H3,(H,29,34)(H2,28,30,31)/t20-,23-/m0/s1. The van der Waals surface area contributed by atoms with Crippen molar-refractivity contribution in [2.75, 3.05) is 50.7 Å². The van der Waals surface area contributed by atoms with E-state index in [-0.39, 0.29) is 24.6 Å². The molecule has 3 N–H and O–H groups in total. The zero-order chi connectivity index (χ0) is 26.6. The molecule has 2 aliphatic rings. The number of hydrogen-bond donors (Lipinski definition) is 2. The highest BCUT2D eigenvalue weighted by Crippen LogP contribution is 2.33. The highest BCUT2D eigenvalue weighted by Gasteiger charge is 2.36. The smallest absolute Gasteiger partial charge is 0.234 e. The van der Waals surface area contributed by atoms with Crippen molar-refractivity contribution >= 4 is 29.3 Å². The van der Waals surface area contributed by atoms with E-state index in [1.165, 1.54) is 11.8 Å². The number of rotatable bonds is 3. The van der Waals surface area contributed by atoms with E-state index in [0.29, 0.717) is 54.5 Å². The van der Waals surface area contributed by atoms with Gasteiger partial charge in [-0.2, -0.15) is 0 Å². The van der Waals surface area contributed by atoms with Crippen LogP contribution in [-0.2, 0) is 22.7 Å². The van der Waals surface area contributed by atoms with Gasteiger partial charge >= 0.3 is 0 Å². The number of hydrogen-bond acceptors (Lipinski definition) is 10. The molecule has 3 aromatic rings. The van der Waals surface area contributed by atoms with Gasteiger partial charge in [0.15, 0.2) is 16.7 Å². The first kappa shape index (κ1) is 26.1. The molecule has 5 rings (SSSR count). The van der Waals surface area contributed by atoms with Crippen LogP contribution in [-0.4, -0.2) is 73.0 Å². The minimum absolute atomic E-state index is 0.0703. The fraction of sp³-hybridized carbons (Fsp3) is 0.370. The molecule has 2 aromatic carbocycles. The van der Waals surface area contributed by atoms with Gasteiger partial charge in [-0.1, -0.05) is 30.0 Å². The van der Waals surface area contributed by atoms with Gasteiger partial charge in [0.2, 0.25) is 5.91 Å². The predicted molar refractivity (Wildman–Crippen MR) is 147 cm³/mol. The third kappa shape index (κ3) is 6.12. The van der Waals surface area contributed by atoms with E-state index in [0.717, 1.165) is 16.9 Å². The van der Waals surface area contributed by atoms with Crippen molar-refractivity contribution < 1.29 is 19.0 Å². The molecule has 2 atom stereocenters. The van der Waals surface area contributed by atoms with Gasteiger partial charge in [-0.25, -0.2) is 9.97 Å². The number of anilines is 2. The molecular weight excluding hydrogens is 504 g/mol. The second-order valence-electron chi connectivity index (χ2n) is 9.47. The number of likely N-dealkylation sites (N-methyl/N-ethyl adjacent to an activating group) is 1. The van der Waals surface area contributed by atoms with Gasteiger partial charge in [0.1, 0.15) is 17.4 Å². The zero-order valence-corrected chi connectivity index (χ0v) is 22.5. The van der Waals surface area contributed by atoms with Gasteiger partial charge in [0.25, 0.3) is 0 Å². The summed E-state index contributed by atoms with van der Waals surface area (Å²) in [5.74, 6) is 3.02. The van der Waals surface area contributed by atoms with E-state index in [4.69, 9.17) is 19.9 Å². The van der Waals surface area contributed by atoms with Crippen molar-refractivity contribution in [3.05, 3.63) is 59.7 Å². The zero-order valence-electron chi connectivity index (χ0n) is 21.7. The SMILES string of the molecule is COc1ccc2cc1Oc1cccc(c1)CO[C@H]1CN(c3cc(N)nc(SC)n3)C[C@@H]1NC(=O)CN(C)C2. The molecule has 2 aliphatic heterocycles. The van der Waals surface area contributed by atoms with Crippen molar-refractivity contribution in [1.82, 2.24) is 20.2 Å². The Bertz CT molecular complexity index is 1310. The third-order valence-corrected chi connectivity index (χ3v) is 7.06. The fourth-order valence-corrected chi connectivity index (χ4v) is 5.13. The molecule has 0 aliphatic carbocycles. The molecule has 0 radical (unpaired) electrons. The molecule has 3 heterocycles. The van der Waals surface area contributed by atoms with Gasteiger partial charge in [-0.15, -0.1) is 0 Å². The van der Waals surface area contributed by atoms with Crippen LogP contribution in [0.4, 0.5) is 11.6 Å². The monoisotopic (exact) mass is 536 g/mol. The largest absolute Gasteiger partial charge is 0.493 e. The molecule has 1 aromatic heterocycles. The number of fused-ring (bicyclic) bond motifs is 5. The summed E-state index contributed by atoms with van der Waals surface area (Å²) in [5, 5.41) is 3.80. The van der Waals surface area contributed by atoms with E-state index in [2.05, 4.69) is 20.2 Å². The Morgan fingerprint density at radius 1 is 1.11 bits per heavy atom. The highest BCUT2D eigenvalue weighted by molar-refractivity contribution is 7.98. The minimum atomic E-state index is -0.247. The maximum absolute atomic E-state index is 13.1. The summed E-state index contributed by atoms with van der Waals surface area (Å²) in [6.45, 7) is 2.28. The number of nitrogens with zero attached hydrogens (tertiary/aromatic N) is 4. The van der Waals surface area contributed by atoms with Crippen LogP contribution in [0, 0.1) is 0 Å². The molecule has 1 fully saturated rings. The molecule has 0 unspecified atom stereocenters. The Labute approximate surface area is 226 Å². The molecule has 11 heteroatoms. The van der Waals surface area contributed by atoms with Crippen molar-refractivity contribution in [1.29, 1.82) is 0 Å². The minimum Gasteiger partial charge on any atom is -0.493 e. The van der Waals surface area contributed by atoms with Crippen LogP contribution in [0.3, 0.4) is 0 Å². The van der Waals surface area contributed by atoms with E-state index < -0.39 is 0 Å². The van der Waals surface area contributed by atoms with Gasteiger partial charge in [-0.3, -0.25) is 9.69 Å². The van der Waals surface area contributed by atoms with Crippen LogP contribution in [0.15, 0.2) is 53.7 Å². The summed E-state index contributed by atoms with van der Waals surface area (Å²) in [7, 11) is 3.53. The van der Waals surface area contributed by atoms with E-state index in [1.54, 1.807) is 13.2 Å². The number of methoxy groups -OCH3 is 1. The number of nitrogen functional groups attached to an aromatic ring is 1. The second kappa shape index (κ2) is 11.5. The average Bonchev–Trinajstić information content (AvgIpc) is 3.29. The number of amides is 1. The number of ether oxygens (including phenoxy) is 3. The number of thioether (sulfide) groups is 1. The number of aromatic nitrogens is 2. The lowest BCUT2D eigenvalue weighted by molar-refractivity contribution is -0.123. The quantitative estimate of drug-likeness (QED) is 0.382. The number of nitrogens with two attached hydrogens (primary N) is 1. The summed E-state index contributed by atoms with van der Waals surface area (Å²) in [6, 6.07) is 15.2. The average molecular weight is 537 g/mol. The van der Waals surface area contributed by atoms with Crippen LogP contribution in [0.1, 0.15) is 11.1 Å². The Morgan fingerprint density at radius 2 is 1.97 bits per heavy atom. The Morgan fingerprint density at radius 3 is 2.79 bits per heavy atom. The fourth-order valence-electron chi connectivity index (χ4n) is 4.75. The van der Waals surface area contributed by atoms with Crippen LogP contribution in [0.2, 0.25) is 0 Å². The third-order valence-electron chi connectivity index (χ3n) is 6.52. The molecule has 38 heavy (non-hydrogen) atoms. The van der Waals surface area contributed by atoms with Gasteiger partial charge in [0, 0.05) is 25.7 Å². The molecule has 1 amide bonds. The topological polar surface area (TPSA) is 115 Å². The Hall–Kier alpha value is -3.54. The first-order valence-corrected chi connectivity index (χ1v) is 13.6. The van der Waals surface area contributed by atoms with Crippen molar-refractivity contribution in [2.24, 2.45) is 0 Å². The van der Waals surface area contributed by atoms with Gasteiger partial charge in [-0.05, 0) is 48.7 Å². The number of carbonyl (C=O) groups is 1. The first-order valence-electron chi connectivity index (χ1n) is 12.4. The predicted octanol–water partition coefficient (Wildman–Crippen LogP) is 2.92. The van der Waals surface area contributed by atoms with Crippen LogP contribution < -0.4 is 25.4 Å². The van der Waals surface area contributed by atoms with Crippen molar-refractivity contribution in [3.63, 3.8) is 0 Å². The molecule has 200 valence electrons. The Balaban J connectivity index is 1.42. The lowest BCUT2D eigenvalue weighted by atomic mass is 10.1. The number of carbonyl (C=O) groups excluding carboxylic acids is 1. The highest BCUT2D eigenvalue weighted by atomic mass is 32.2. The molecule has 0 saturated carbocycles. The van der Waals surface area contributed by atoms with Crippen LogP contribution >= 0.6 is 11.8 Å². The lowest BCUT2D eigenvalue weighted by Gasteiger charge is -2.23. The second-order valence-corrected chi connectivity index (χ2v) is 10.2. The summed E-state index contributed by atoms with van der Waals surface area (Å²) in [4.78, 5) is 26.0. The molecule has 10 nitrogen and oxygen atoms in total. The summed E-state index contributed by atoms with van der Waals surface area (Å²) < 4.78 is 18.1. The maximum atomic E-state index is 13.1. The molecule has 4 bridgehead atoms. The van der Waals surface area contributed by atoms with Crippen LogP contribution in [0.5, 0.6) is 17.2 Å². The molecule has 1 saturated heterocycles. The normalized spacial score (nSPS) is 20.4. The van der Waals surface area contributed by atoms with Gasteiger partial charge in [0.05, 0.1) is 32.4 Å². The summed E-state index contributed by atoms with van der Waals surface area (Å²) >= 11 is 1.44. The summed E-state index contributed by atoms with van der Waals surface area (Å²) in [5.41, 5.74) is 8.00. The van der Waals surface area contributed by atoms with E-state index in [1.807, 2.05) is 60.7 Å². The number of benzene rings is 2. The maximum Gasteiger partial charge on any atom is 0.234 e. The van der Waals surface area contributed by atoms with E-state index in [9.17, 15) is 4.79 Å². The van der Waals surface area contributed by atoms with Gasteiger partial charge < -0.3 is 30.2 Å². The van der Waals surface area contributed by atoms with Crippen molar-refractivity contribution in [3.8, 4) is 17.2 Å². The number of nitrogens with one attached hydrogen (secondary N) is 1. The first-order chi connectivity index (χ1) is 18.4. The Kier molecular flexibility index (Phi) is 7.87. The van der Waals surface area contributed by atoms with Crippen LogP contribution in [0.25, 0.3) is 0 Å². The lowest BCUT2D eigenvalue weighted by Crippen LogP contribution is -2.47. The molecule has 0 spiro atoms. The molecular formula is C27H32N6O4S.